The second-order valence-electron chi connectivity index (χ2n) is 9.50. The highest BCUT2D eigenvalue weighted by atomic mass is 16.5. The van der Waals surface area contributed by atoms with Gasteiger partial charge in [-0.2, -0.15) is 10.5 Å². The fourth-order valence-corrected chi connectivity index (χ4v) is 4.33. The van der Waals surface area contributed by atoms with Crippen molar-refractivity contribution < 1.29 is 9.53 Å². The molecule has 194 valence electrons. The van der Waals surface area contributed by atoms with Gasteiger partial charge in [-0.05, 0) is 51.5 Å². The third-order valence-corrected chi connectivity index (χ3v) is 6.53. The first-order valence-electron chi connectivity index (χ1n) is 13.2. The molecule has 0 radical (unpaired) electrons. The standard InChI is InChI=1S/C30H37N5O2/c1-3-25(34-27(28(36)20-32)18-23-10-6-4-7-11-23)21-33-30-19-26(24-15-13-22(2)14-16-24)35-29(37-30)12-8-5-9-17-31/h6,10-11,13-16,19,25,27,30,33-34H,3-5,7-9,12,18,21H2,1-2H3. The molecule has 0 saturated heterocycles. The number of aryl methyl sites for hydroxylation is 1. The number of benzene rings is 1. The zero-order chi connectivity index (χ0) is 26.5. The minimum absolute atomic E-state index is 0.0201. The van der Waals surface area contributed by atoms with Crippen molar-refractivity contribution in [3.63, 3.8) is 0 Å². The summed E-state index contributed by atoms with van der Waals surface area (Å²) < 4.78 is 6.15. The van der Waals surface area contributed by atoms with Crippen LogP contribution >= 0.6 is 0 Å². The predicted molar refractivity (Wildman–Crippen MR) is 146 cm³/mol. The molecule has 0 amide bonds. The number of aliphatic imine (C=N–C) groups is 1. The molecule has 0 spiro atoms. The fraction of sp³-hybridized carbons (Fsp3) is 0.467. The molecule has 7 heteroatoms. The van der Waals surface area contributed by atoms with E-state index in [1.807, 2.05) is 18.2 Å². The largest absolute Gasteiger partial charge is 0.458 e. The van der Waals surface area contributed by atoms with Crippen molar-refractivity contribution >= 4 is 17.4 Å². The molecule has 2 aliphatic rings. The number of carbonyl (C=O) groups is 1. The van der Waals surface area contributed by atoms with Crippen LogP contribution in [-0.4, -0.2) is 36.5 Å². The summed E-state index contributed by atoms with van der Waals surface area (Å²) in [5.41, 5.74) is 4.15. The molecule has 3 rings (SSSR count). The molecule has 2 N–H and O–H groups in total. The average Bonchev–Trinajstić information content (AvgIpc) is 2.93. The molecule has 1 aliphatic carbocycles. The number of ketones is 1. The summed E-state index contributed by atoms with van der Waals surface area (Å²) in [4.78, 5) is 17.1. The number of nitrogens with one attached hydrogen (secondary N) is 2. The van der Waals surface area contributed by atoms with E-state index in [1.165, 1.54) is 5.56 Å². The summed E-state index contributed by atoms with van der Waals surface area (Å²) in [7, 11) is 0. The van der Waals surface area contributed by atoms with Crippen molar-refractivity contribution in [2.45, 2.75) is 83.5 Å². The van der Waals surface area contributed by atoms with E-state index in [9.17, 15) is 10.1 Å². The summed E-state index contributed by atoms with van der Waals surface area (Å²) in [6, 6.07) is 11.7. The molecule has 37 heavy (non-hydrogen) atoms. The predicted octanol–water partition coefficient (Wildman–Crippen LogP) is 5.26. The highest BCUT2D eigenvalue weighted by Gasteiger charge is 2.24. The number of hydrogen-bond donors (Lipinski definition) is 2. The van der Waals surface area contributed by atoms with Crippen LogP contribution in [0.4, 0.5) is 0 Å². The fourth-order valence-electron chi connectivity index (χ4n) is 4.33. The zero-order valence-electron chi connectivity index (χ0n) is 21.9. The molecule has 3 atom stereocenters. The van der Waals surface area contributed by atoms with E-state index < -0.39 is 11.8 Å². The van der Waals surface area contributed by atoms with Gasteiger partial charge in [-0.15, -0.1) is 0 Å². The van der Waals surface area contributed by atoms with Gasteiger partial charge in [-0.25, -0.2) is 4.99 Å². The minimum Gasteiger partial charge on any atom is -0.458 e. The Morgan fingerprint density at radius 2 is 2.03 bits per heavy atom. The molecule has 0 bridgehead atoms. The Kier molecular flexibility index (Phi) is 11.3. The molecule has 1 aromatic rings. The van der Waals surface area contributed by atoms with Gasteiger partial charge in [0.2, 0.25) is 5.78 Å². The van der Waals surface area contributed by atoms with E-state index in [4.69, 9.17) is 15.0 Å². The molecule has 1 heterocycles. The number of nitriles is 2. The van der Waals surface area contributed by atoms with Crippen LogP contribution in [0.1, 0.15) is 69.4 Å². The van der Waals surface area contributed by atoms with E-state index in [1.54, 1.807) is 0 Å². The summed E-state index contributed by atoms with van der Waals surface area (Å²) in [5, 5.41) is 25.0. The highest BCUT2D eigenvalue weighted by Crippen LogP contribution is 2.23. The van der Waals surface area contributed by atoms with Crippen molar-refractivity contribution in [3.8, 4) is 12.1 Å². The summed E-state index contributed by atoms with van der Waals surface area (Å²) in [5.74, 6) is 0.212. The van der Waals surface area contributed by atoms with E-state index >= 15 is 0 Å². The quantitative estimate of drug-likeness (QED) is 0.267. The third-order valence-electron chi connectivity index (χ3n) is 6.53. The Morgan fingerprint density at radius 1 is 1.22 bits per heavy atom. The Hall–Kier alpha value is -3.52. The molecular formula is C30H37N5O2. The van der Waals surface area contributed by atoms with Gasteiger partial charge in [-0.3, -0.25) is 10.1 Å². The molecule has 0 saturated carbocycles. The number of unbranched alkanes of at least 4 members (excludes halogenated alkanes) is 2. The lowest BCUT2D eigenvalue weighted by Crippen LogP contribution is -2.49. The van der Waals surface area contributed by atoms with E-state index in [0.717, 1.165) is 48.9 Å². The number of hydrogen-bond acceptors (Lipinski definition) is 7. The van der Waals surface area contributed by atoms with E-state index in [2.05, 4.69) is 67.0 Å². The van der Waals surface area contributed by atoms with Gasteiger partial charge >= 0.3 is 0 Å². The van der Waals surface area contributed by atoms with Gasteiger partial charge in [0.25, 0.3) is 0 Å². The van der Waals surface area contributed by atoms with Gasteiger partial charge in [0.15, 0.2) is 12.1 Å². The van der Waals surface area contributed by atoms with E-state index in [-0.39, 0.29) is 12.3 Å². The molecule has 3 unspecified atom stereocenters. The second kappa shape index (κ2) is 14.9. The number of nitrogens with zero attached hydrogens (tertiary/aromatic N) is 3. The number of ether oxygens (including phenoxy) is 1. The normalized spacial score (nSPS) is 18.4. The Bertz CT molecular complexity index is 1120. The summed E-state index contributed by atoms with van der Waals surface area (Å²) >= 11 is 0. The van der Waals surface area contributed by atoms with Crippen molar-refractivity contribution in [2.75, 3.05) is 6.54 Å². The maximum Gasteiger partial charge on any atom is 0.249 e. The van der Waals surface area contributed by atoms with E-state index in [0.29, 0.717) is 31.7 Å². The van der Waals surface area contributed by atoms with Gasteiger partial charge in [-0.1, -0.05) is 60.6 Å². The van der Waals surface area contributed by atoms with Crippen LogP contribution in [0.25, 0.3) is 5.70 Å². The number of carbonyl (C=O) groups excluding carboxylic acids is 1. The van der Waals surface area contributed by atoms with Crippen LogP contribution < -0.4 is 10.6 Å². The number of rotatable bonds is 14. The lowest BCUT2D eigenvalue weighted by Gasteiger charge is -2.28. The molecule has 0 aromatic heterocycles. The second-order valence-corrected chi connectivity index (χ2v) is 9.50. The Labute approximate surface area is 220 Å². The van der Waals surface area contributed by atoms with Gasteiger partial charge < -0.3 is 10.1 Å². The monoisotopic (exact) mass is 499 g/mol. The lowest BCUT2D eigenvalue weighted by atomic mass is 9.97. The highest BCUT2D eigenvalue weighted by molar-refractivity contribution is 5.98. The topological polar surface area (TPSA) is 110 Å². The zero-order valence-corrected chi connectivity index (χ0v) is 21.9. The number of Topliss-reactive ketones (excluding diaryl/α,β-unsaturated/α-hetero) is 1. The molecule has 1 aromatic carbocycles. The van der Waals surface area contributed by atoms with Crippen LogP contribution in [0, 0.1) is 29.6 Å². The Balaban J connectivity index is 1.67. The summed E-state index contributed by atoms with van der Waals surface area (Å²) in [6.07, 6.45) is 14.0. The lowest BCUT2D eigenvalue weighted by molar-refractivity contribution is -0.116. The van der Waals surface area contributed by atoms with Crippen LogP contribution in [-0.2, 0) is 9.53 Å². The maximum absolute atomic E-state index is 12.4. The minimum atomic E-state index is -0.547. The first-order valence-corrected chi connectivity index (χ1v) is 13.2. The van der Waals surface area contributed by atoms with Crippen LogP contribution in [0.15, 0.2) is 59.1 Å². The van der Waals surface area contributed by atoms with Gasteiger partial charge in [0.05, 0.1) is 17.8 Å². The van der Waals surface area contributed by atoms with Crippen LogP contribution in [0.2, 0.25) is 0 Å². The van der Waals surface area contributed by atoms with Crippen molar-refractivity contribution in [2.24, 2.45) is 4.99 Å². The first kappa shape index (κ1) is 28.1. The average molecular weight is 500 g/mol. The molecule has 7 nitrogen and oxygen atoms in total. The van der Waals surface area contributed by atoms with Crippen LogP contribution in [0.5, 0.6) is 0 Å². The van der Waals surface area contributed by atoms with Crippen molar-refractivity contribution in [1.29, 1.82) is 10.5 Å². The van der Waals surface area contributed by atoms with Gasteiger partial charge in [0.1, 0.15) is 6.07 Å². The summed E-state index contributed by atoms with van der Waals surface area (Å²) in [6.45, 7) is 4.68. The maximum atomic E-state index is 12.4. The third kappa shape index (κ3) is 9.13. The van der Waals surface area contributed by atoms with Crippen molar-refractivity contribution in [1.82, 2.24) is 10.6 Å². The SMILES string of the molecule is CCC(CNC1C=C(c2ccc(C)cc2)N=C(CCCCC#N)O1)NC(CC1=CCCC=C1)C(=O)C#N. The first-order chi connectivity index (χ1) is 18.0. The smallest absolute Gasteiger partial charge is 0.249 e. The molecule has 1 aliphatic heterocycles. The van der Waals surface area contributed by atoms with Gasteiger partial charge in [0, 0.05) is 31.0 Å². The Morgan fingerprint density at radius 3 is 2.70 bits per heavy atom. The van der Waals surface area contributed by atoms with Crippen molar-refractivity contribution in [3.05, 3.63) is 65.3 Å². The molecule has 0 fully saturated rings. The number of allylic oxidation sites excluding steroid dienone is 3. The van der Waals surface area contributed by atoms with Crippen LogP contribution in [0.3, 0.4) is 0 Å². The molecular weight excluding hydrogens is 462 g/mol.